The topological polar surface area (TPSA) is 62.0 Å². The first-order valence-corrected chi connectivity index (χ1v) is 6.13. The minimum absolute atomic E-state index is 0.238. The van der Waals surface area contributed by atoms with Crippen molar-refractivity contribution in [3.8, 4) is 0 Å². The average Bonchev–Trinajstić information content (AvgIpc) is 2.35. The highest BCUT2D eigenvalue weighted by atomic mass is 79.9. The van der Waals surface area contributed by atoms with Gasteiger partial charge in [0.25, 0.3) is 5.91 Å². The number of pyridine rings is 1. The molecule has 0 unspecified atom stereocenters. The Balaban J connectivity index is 2.27. The van der Waals surface area contributed by atoms with E-state index in [1.807, 2.05) is 19.1 Å². The first kappa shape index (κ1) is 12.6. The smallest absolute Gasteiger partial charge is 0.272 e. The van der Waals surface area contributed by atoms with Gasteiger partial charge in [-0.25, -0.2) is 0 Å². The molecule has 1 heterocycles. The largest absolute Gasteiger partial charge is 0.320 e. The Morgan fingerprint density at radius 1 is 1.22 bits per heavy atom. The van der Waals surface area contributed by atoms with Crippen molar-refractivity contribution in [2.45, 2.75) is 6.92 Å². The van der Waals surface area contributed by atoms with Crippen molar-refractivity contribution in [2.75, 3.05) is 5.32 Å². The summed E-state index contributed by atoms with van der Waals surface area (Å²) in [5.74, 6) is -0.339. The minimum Gasteiger partial charge on any atom is -0.320 e. The fraction of sp³-hybridized carbons (Fsp3) is 0.0769. The van der Waals surface area contributed by atoms with Gasteiger partial charge in [0.1, 0.15) is 5.69 Å². The number of H-pyrrole nitrogens is 1. The number of carbonyl (C=O) groups is 1. The molecule has 2 aromatic rings. The van der Waals surface area contributed by atoms with Crippen LogP contribution in [0.25, 0.3) is 0 Å². The van der Waals surface area contributed by atoms with Gasteiger partial charge in [0.05, 0.1) is 0 Å². The lowest BCUT2D eigenvalue weighted by molar-refractivity contribution is 0.102. The molecule has 1 aromatic carbocycles. The van der Waals surface area contributed by atoms with Crippen molar-refractivity contribution in [1.82, 2.24) is 4.98 Å². The van der Waals surface area contributed by atoms with Crippen LogP contribution < -0.4 is 10.9 Å². The Bertz CT molecular complexity index is 649. The summed E-state index contributed by atoms with van der Waals surface area (Å²) in [5, 5.41) is 2.76. The quantitative estimate of drug-likeness (QED) is 0.896. The number of carbonyl (C=O) groups excluding carboxylic acids is 1. The number of benzene rings is 1. The number of halogens is 1. The summed E-state index contributed by atoms with van der Waals surface area (Å²) in [5.41, 5.74) is 1.58. The van der Waals surface area contributed by atoms with Crippen molar-refractivity contribution in [2.24, 2.45) is 0 Å². The maximum Gasteiger partial charge on any atom is 0.272 e. The number of nitrogens with one attached hydrogen (secondary N) is 2. The van der Waals surface area contributed by atoms with Gasteiger partial charge < -0.3 is 10.3 Å². The van der Waals surface area contributed by atoms with Crippen molar-refractivity contribution in [3.05, 3.63) is 62.5 Å². The maximum atomic E-state index is 11.9. The zero-order chi connectivity index (χ0) is 13.1. The SMILES string of the molecule is Cc1c(Br)cccc1NC(=O)c1cccc(=O)[nH]1. The molecule has 0 aliphatic carbocycles. The molecule has 1 amide bonds. The number of anilines is 1. The second-order valence-corrected chi connectivity index (χ2v) is 4.65. The van der Waals surface area contributed by atoms with Gasteiger partial charge in [0.2, 0.25) is 5.56 Å². The van der Waals surface area contributed by atoms with Gasteiger partial charge in [-0.05, 0) is 30.7 Å². The van der Waals surface area contributed by atoms with Gasteiger partial charge >= 0.3 is 0 Å². The normalized spacial score (nSPS) is 10.1. The summed E-state index contributed by atoms with van der Waals surface area (Å²) in [6.45, 7) is 1.90. The second-order valence-electron chi connectivity index (χ2n) is 3.80. The lowest BCUT2D eigenvalue weighted by Gasteiger charge is -2.09. The molecule has 2 rings (SSSR count). The highest BCUT2D eigenvalue weighted by molar-refractivity contribution is 9.10. The maximum absolute atomic E-state index is 11.9. The van der Waals surface area contributed by atoms with Gasteiger partial charge in [-0.3, -0.25) is 9.59 Å². The predicted octanol–water partition coefficient (Wildman–Crippen LogP) is 2.70. The third-order valence-electron chi connectivity index (χ3n) is 2.53. The molecule has 0 aliphatic heterocycles. The molecule has 18 heavy (non-hydrogen) atoms. The van der Waals surface area contributed by atoms with Gasteiger partial charge in [0, 0.05) is 16.2 Å². The Kier molecular flexibility index (Phi) is 3.62. The molecule has 1 aromatic heterocycles. The number of hydrogen-bond donors (Lipinski definition) is 2. The summed E-state index contributed by atoms with van der Waals surface area (Å²) < 4.78 is 0.918. The second kappa shape index (κ2) is 5.18. The van der Waals surface area contributed by atoms with Crippen molar-refractivity contribution in [3.63, 3.8) is 0 Å². The monoisotopic (exact) mass is 306 g/mol. The summed E-state index contributed by atoms with van der Waals surface area (Å²) >= 11 is 3.39. The lowest BCUT2D eigenvalue weighted by atomic mass is 10.2. The van der Waals surface area contributed by atoms with Crippen LogP contribution in [0.5, 0.6) is 0 Å². The number of aromatic amines is 1. The van der Waals surface area contributed by atoms with E-state index in [1.54, 1.807) is 18.2 Å². The molecule has 0 bridgehead atoms. The molecule has 0 atom stereocenters. The van der Waals surface area contributed by atoms with Crippen LogP contribution in [0, 0.1) is 6.92 Å². The Hall–Kier alpha value is -1.88. The van der Waals surface area contributed by atoms with Gasteiger partial charge in [0.15, 0.2) is 0 Å². The summed E-state index contributed by atoms with van der Waals surface area (Å²) in [6.07, 6.45) is 0. The number of amides is 1. The predicted molar refractivity (Wildman–Crippen MR) is 73.9 cm³/mol. The number of hydrogen-bond acceptors (Lipinski definition) is 2. The van der Waals surface area contributed by atoms with Gasteiger partial charge in [-0.1, -0.05) is 28.1 Å². The molecular weight excluding hydrogens is 296 g/mol. The minimum atomic E-state index is -0.339. The van der Waals surface area contributed by atoms with Gasteiger partial charge in [-0.2, -0.15) is 0 Å². The third-order valence-corrected chi connectivity index (χ3v) is 3.39. The molecule has 0 saturated carbocycles. The van der Waals surface area contributed by atoms with Crippen LogP contribution in [0.4, 0.5) is 5.69 Å². The Morgan fingerprint density at radius 2 is 1.94 bits per heavy atom. The summed E-state index contributed by atoms with van der Waals surface area (Å²) in [4.78, 5) is 25.5. The number of aromatic nitrogens is 1. The van der Waals surface area contributed by atoms with E-state index in [2.05, 4.69) is 26.2 Å². The van der Waals surface area contributed by atoms with E-state index in [-0.39, 0.29) is 17.2 Å². The fourth-order valence-corrected chi connectivity index (χ4v) is 1.88. The van der Waals surface area contributed by atoms with Crippen molar-refractivity contribution < 1.29 is 4.79 Å². The van der Waals surface area contributed by atoms with Crippen LogP contribution in [0.15, 0.2) is 45.7 Å². The number of rotatable bonds is 2. The van der Waals surface area contributed by atoms with Crippen molar-refractivity contribution in [1.29, 1.82) is 0 Å². The van der Waals surface area contributed by atoms with Crippen LogP contribution in [0.2, 0.25) is 0 Å². The zero-order valence-corrected chi connectivity index (χ0v) is 11.2. The van der Waals surface area contributed by atoms with Crippen LogP contribution in [-0.2, 0) is 0 Å². The Labute approximate surface area is 112 Å². The molecule has 92 valence electrons. The molecule has 4 nitrogen and oxygen atoms in total. The molecule has 0 spiro atoms. The summed E-state index contributed by atoms with van der Waals surface area (Å²) in [7, 11) is 0. The van der Waals surface area contributed by atoms with Crippen LogP contribution >= 0.6 is 15.9 Å². The average molecular weight is 307 g/mol. The fourth-order valence-electron chi connectivity index (χ4n) is 1.51. The molecular formula is C13H11BrN2O2. The van der Waals surface area contributed by atoms with E-state index in [0.29, 0.717) is 5.69 Å². The van der Waals surface area contributed by atoms with Gasteiger partial charge in [-0.15, -0.1) is 0 Å². The van der Waals surface area contributed by atoms with E-state index in [1.165, 1.54) is 6.07 Å². The van der Waals surface area contributed by atoms with E-state index in [0.717, 1.165) is 10.0 Å². The highest BCUT2D eigenvalue weighted by Gasteiger charge is 2.09. The molecule has 2 N–H and O–H groups in total. The van der Waals surface area contributed by atoms with E-state index < -0.39 is 0 Å². The molecule has 0 aliphatic rings. The van der Waals surface area contributed by atoms with E-state index in [4.69, 9.17) is 0 Å². The molecule has 0 fully saturated rings. The molecule has 0 radical (unpaired) electrons. The third kappa shape index (κ3) is 2.68. The van der Waals surface area contributed by atoms with Crippen LogP contribution in [-0.4, -0.2) is 10.9 Å². The zero-order valence-electron chi connectivity index (χ0n) is 9.66. The van der Waals surface area contributed by atoms with Crippen LogP contribution in [0.1, 0.15) is 16.1 Å². The summed E-state index contributed by atoms with van der Waals surface area (Å²) in [6, 6.07) is 10.0. The van der Waals surface area contributed by atoms with Crippen LogP contribution in [0.3, 0.4) is 0 Å². The lowest BCUT2D eigenvalue weighted by Crippen LogP contribution is -2.18. The van der Waals surface area contributed by atoms with E-state index in [9.17, 15) is 9.59 Å². The molecule has 5 heteroatoms. The first-order valence-electron chi connectivity index (χ1n) is 5.34. The highest BCUT2D eigenvalue weighted by Crippen LogP contribution is 2.23. The molecule has 0 saturated heterocycles. The van der Waals surface area contributed by atoms with Crippen molar-refractivity contribution >= 4 is 27.5 Å². The first-order chi connectivity index (χ1) is 8.58. The standard InChI is InChI=1S/C13H11BrN2O2/c1-8-9(14)4-2-5-10(8)16-13(18)11-6-3-7-12(17)15-11/h2-7H,1H3,(H,15,17)(H,16,18). The van der Waals surface area contributed by atoms with E-state index >= 15 is 0 Å². The Morgan fingerprint density at radius 3 is 2.67 bits per heavy atom.